The molecule has 0 saturated heterocycles. The highest BCUT2D eigenvalue weighted by molar-refractivity contribution is 7.97. The van der Waals surface area contributed by atoms with Crippen LogP contribution in [0.25, 0.3) is 0 Å². The Morgan fingerprint density at radius 1 is 0.806 bits per heavy atom. The molecule has 4 heteroatoms. The monoisotopic (exact) mass is 428 g/mol. The Balaban J connectivity index is 2.57. The van der Waals surface area contributed by atoms with Crippen LogP contribution in [-0.4, -0.2) is 23.7 Å². The van der Waals surface area contributed by atoms with E-state index in [2.05, 4.69) is 5.92 Å². The Kier molecular flexibility index (Phi) is 7.65. The predicted molar refractivity (Wildman–Crippen MR) is 130 cm³/mol. The van der Waals surface area contributed by atoms with Gasteiger partial charge in [-0.3, -0.25) is 4.79 Å². The summed E-state index contributed by atoms with van der Waals surface area (Å²) in [6, 6.07) is 29.3. The van der Waals surface area contributed by atoms with Gasteiger partial charge in [0.05, 0.1) is 6.61 Å². The second-order valence-electron chi connectivity index (χ2n) is 6.87. The van der Waals surface area contributed by atoms with Crippen LogP contribution in [0.1, 0.15) is 19.8 Å². The molecule has 0 atom stereocenters. The minimum atomic E-state index is -2.82. The van der Waals surface area contributed by atoms with Crippen molar-refractivity contribution in [2.45, 2.75) is 19.8 Å². The fraction of sp³-hybridized carbons (Fsp3) is 0.148. The van der Waals surface area contributed by atoms with Gasteiger partial charge < -0.3 is 4.74 Å². The molecule has 0 fully saturated rings. The number of hydrogen-bond acceptors (Lipinski definition) is 3. The van der Waals surface area contributed by atoms with Crippen molar-refractivity contribution in [2.75, 3.05) is 6.61 Å². The van der Waals surface area contributed by atoms with Gasteiger partial charge in [-0.05, 0) is 29.7 Å². The average Bonchev–Trinajstić information content (AvgIpc) is 2.82. The molecular formula is C27H25O3P. The number of ketones is 1. The van der Waals surface area contributed by atoms with Crippen molar-refractivity contribution in [3.05, 3.63) is 91.0 Å². The van der Waals surface area contributed by atoms with Gasteiger partial charge in [0.15, 0.2) is 5.78 Å². The first-order valence-electron chi connectivity index (χ1n) is 10.2. The van der Waals surface area contributed by atoms with E-state index in [1.807, 2.05) is 91.0 Å². The van der Waals surface area contributed by atoms with Crippen LogP contribution in [0.3, 0.4) is 0 Å². The summed E-state index contributed by atoms with van der Waals surface area (Å²) in [7, 11) is 0. The molecule has 0 aliphatic carbocycles. The van der Waals surface area contributed by atoms with Crippen molar-refractivity contribution in [1.29, 1.82) is 0 Å². The largest absolute Gasteiger partial charge is 0.462 e. The molecule has 0 bridgehead atoms. The first-order valence-corrected chi connectivity index (χ1v) is 12.0. The van der Waals surface area contributed by atoms with Gasteiger partial charge in [0.1, 0.15) is 5.29 Å². The Bertz CT molecular complexity index is 1020. The minimum absolute atomic E-state index is 0.0961. The van der Waals surface area contributed by atoms with E-state index in [1.54, 1.807) is 6.92 Å². The molecule has 0 aliphatic heterocycles. The number of hydrogen-bond donors (Lipinski definition) is 0. The summed E-state index contributed by atoms with van der Waals surface area (Å²) in [5.74, 6) is 1.68. The minimum Gasteiger partial charge on any atom is -0.462 e. The van der Waals surface area contributed by atoms with Crippen molar-refractivity contribution in [3.63, 3.8) is 0 Å². The first kappa shape index (κ1) is 22.3. The molecule has 0 radical (unpaired) electrons. The number of ether oxygens (including phenoxy) is 1. The summed E-state index contributed by atoms with van der Waals surface area (Å²) < 4.78 is 5.45. The van der Waals surface area contributed by atoms with Gasteiger partial charge in [-0.2, -0.15) is 0 Å². The molecule has 0 amide bonds. The number of benzene rings is 3. The summed E-state index contributed by atoms with van der Waals surface area (Å²) in [4.78, 5) is 27.0. The van der Waals surface area contributed by atoms with E-state index in [1.165, 1.54) is 0 Å². The third-order valence-electron chi connectivity index (χ3n) is 5.00. The van der Waals surface area contributed by atoms with Gasteiger partial charge in [0.25, 0.3) is 0 Å². The molecule has 0 spiro atoms. The highest BCUT2D eigenvalue weighted by atomic mass is 31.2. The molecule has 3 nitrogen and oxygen atoms in total. The Morgan fingerprint density at radius 2 is 1.23 bits per heavy atom. The zero-order chi connectivity index (χ0) is 22.1. The second-order valence-corrected chi connectivity index (χ2v) is 10.2. The second kappa shape index (κ2) is 10.6. The number of terminal acetylenes is 1. The van der Waals surface area contributed by atoms with Gasteiger partial charge in [-0.1, -0.05) is 91.0 Å². The van der Waals surface area contributed by atoms with E-state index < -0.39 is 12.9 Å². The molecule has 3 aromatic rings. The maximum Gasteiger partial charge on any atom is 0.342 e. The maximum atomic E-state index is 13.6. The highest BCUT2D eigenvalue weighted by Crippen LogP contribution is 2.46. The van der Waals surface area contributed by atoms with Crippen LogP contribution < -0.4 is 15.9 Å². The number of carbonyl (C=O) groups is 2. The van der Waals surface area contributed by atoms with Gasteiger partial charge in [-0.25, -0.2) is 4.79 Å². The lowest BCUT2D eigenvalue weighted by Gasteiger charge is -2.31. The average molecular weight is 428 g/mol. The lowest BCUT2D eigenvalue weighted by molar-refractivity contribution is -0.135. The zero-order valence-corrected chi connectivity index (χ0v) is 18.4. The molecule has 0 aromatic heterocycles. The number of esters is 1. The summed E-state index contributed by atoms with van der Waals surface area (Å²) >= 11 is 0. The molecule has 0 aliphatic rings. The smallest absolute Gasteiger partial charge is 0.342 e. The van der Waals surface area contributed by atoms with Crippen molar-refractivity contribution < 1.29 is 14.3 Å². The standard InChI is InChI=1S/C27H25O3P/c1-3-5-21-25(28)26(27(29)30-4-2)31(22-15-9-6-10-16-22,23-17-11-7-12-18-23)24-19-13-8-14-20-24/h1,6-20H,4-5,21H2,2H3. The summed E-state index contributed by atoms with van der Waals surface area (Å²) in [6.07, 6.45) is 5.80. The number of Topliss-reactive ketones (excluding diaryl/α,β-unsaturated/α-hetero) is 1. The third-order valence-corrected chi connectivity index (χ3v) is 9.32. The summed E-state index contributed by atoms with van der Waals surface area (Å²) in [5.41, 5.74) is 0. The van der Waals surface area contributed by atoms with E-state index in [-0.39, 0.29) is 30.5 Å². The van der Waals surface area contributed by atoms with Gasteiger partial charge in [0, 0.05) is 12.8 Å². The molecule has 156 valence electrons. The fourth-order valence-electron chi connectivity index (χ4n) is 3.73. The van der Waals surface area contributed by atoms with Crippen LogP contribution in [0.2, 0.25) is 0 Å². The molecule has 0 unspecified atom stereocenters. The molecule has 31 heavy (non-hydrogen) atoms. The first-order chi connectivity index (χ1) is 15.2. The van der Waals surface area contributed by atoms with Crippen molar-refractivity contribution in [3.8, 4) is 12.3 Å². The van der Waals surface area contributed by atoms with Crippen molar-refractivity contribution >= 4 is 39.8 Å². The van der Waals surface area contributed by atoms with E-state index in [0.29, 0.717) is 0 Å². The van der Waals surface area contributed by atoms with E-state index in [0.717, 1.165) is 15.9 Å². The van der Waals surface area contributed by atoms with Crippen LogP contribution in [0.4, 0.5) is 0 Å². The fourth-order valence-corrected chi connectivity index (χ4v) is 8.08. The maximum absolute atomic E-state index is 13.6. The van der Waals surface area contributed by atoms with Gasteiger partial charge in [0.2, 0.25) is 0 Å². The van der Waals surface area contributed by atoms with Crippen LogP contribution in [0.5, 0.6) is 0 Å². The van der Waals surface area contributed by atoms with E-state index in [9.17, 15) is 9.59 Å². The topological polar surface area (TPSA) is 43.4 Å². The quantitative estimate of drug-likeness (QED) is 0.238. The van der Waals surface area contributed by atoms with Crippen molar-refractivity contribution in [2.24, 2.45) is 0 Å². The molecule has 0 saturated carbocycles. The number of carbonyl (C=O) groups excluding carboxylic acids is 2. The van der Waals surface area contributed by atoms with Crippen molar-refractivity contribution in [1.82, 2.24) is 0 Å². The third kappa shape index (κ3) is 4.55. The SMILES string of the molecule is C#CCCC(=O)C(C(=O)OCC)=P(c1ccccc1)(c1ccccc1)c1ccccc1. The lowest BCUT2D eigenvalue weighted by atomic mass is 10.2. The van der Waals surface area contributed by atoms with Gasteiger partial charge in [-0.15, -0.1) is 12.3 Å². The normalized spacial score (nSPS) is 10.7. The van der Waals surface area contributed by atoms with Crippen LogP contribution >= 0.6 is 6.89 Å². The predicted octanol–water partition coefficient (Wildman–Crippen LogP) is 3.70. The Morgan fingerprint density at radius 3 is 1.58 bits per heavy atom. The Labute approximate surface area is 184 Å². The number of rotatable bonds is 8. The molecule has 0 N–H and O–H groups in total. The highest BCUT2D eigenvalue weighted by Gasteiger charge is 2.37. The molecular weight excluding hydrogens is 403 g/mol. The molecule has 3 aromatic carbocycles. The lowest BCUT2D eigenvalue weighted by Crippen LogP contribution is -2.38. The van der Waals surface area contributed by atoms with Gasteiger partial charge >= 0.3 is 5.97 Å². The molecule has 3 rings (SSSR count). The zero-order valence-electron chi connectivity index (χ0n) is 17.5. The van der Waals surface area contributed by atoms with Crippen LogP contribution in [0, 0.1) is 12.3 Å². The Hall–Kier alpha value is -3.34. The van der Waals surface area contributed by atoms with E-state index >= 15 is 0 Å². The summed E-state index contributed by atoms with van der Waals surface area (Å²) in [5, 5.41) is 2.95. The summed E-state index contributed by atoms with van der Waals surface area (Å²) in [6.45, 7) is -0.893. The molecule has 0 heterocycles. The van der Waals surface area contributed by atoms with Crippen LogP contribution in [-0.2, 0) is 14.3 Å². The van der Waals surface area contributed by atoms with E-state index in [4.69, 9.17) is 11.2 Å². The van der Waals surface area contributed by atoms with Crippen LogP contribution in [0.15, 0.2) is 91.0 Å².